The number of aromatic amines is 1. The second kappa shape index (κ2) is 3.82. The van der Waals surface area contributed by atoms with E-state index < -0.39 is 10.8 Å². The Balaban J connectivity index is 2.03. The van der Waals surface area contributed by atoms with Crippen LogP contribution in [0.2, 0.25) is 0 Å². The summed E-state index contributed by atoms with van der Waals surface area (Å²) in [5.41, 5.74) is 0. The fraction of sp³-hybridized carbons (Fsp3) is 0.667. The van der Waals surface area contributed by atoms with Gasteiger partial charge in [-0.15, -0.1) is 10.2 Å². The molecule has 0 atom stereocenters. The van der Waals surface area contributed by atoms with E-state index in [9.17, 15) is 9.00 Å². The zero-order chi connectivity index (χ0) is 9.97. The highest BCUT2D eigenvalue weighted by molar-refractivity contribution is 7.85. The van der Waals surface area contributed by atoms with Crippen LogP contribution in [0.3, 0.4) is 0 Å². The molecular weight excluding hydrogens is 206 g/mol. The molecule has 76 valence electrons. The lowest BCUT2D eigenvalue weighted by atomic mass is 10.4. The Morgan fingerprint density at radius 3 is 2.71 bits per heavy atom. The minimum absolute atomic E-state index is 0.0673. The molecule has 8 heteroatoms. The second-order valence-corrected chi connectivity index (χ2v) is 4.57. The van der Waals surface area contributed by atoms with Gasteiger partial charge in [-0.2, -0.15) is 5.21 Å². The smallest absolute Gasteiger partial charge is 0.295 e. The highest BCUT2D eigenvalue weighted by Gasteiger charge is 2.23. The molecule has 0 aromatic carbocycles. The molecule has 1 aliphatic rings. The van der Waals surface area contributed by atoms with Crippen LogP contribution in [0.5, 0.6) is 0 Å². The van der Waals surface area contributed by atoms with Gasteiger partial charge >= 0.3 is 0 Å². The molecule has 1 amide bonds. The van der Waals surface area contributed by atoms with Gasteiger partial charge in [-0.25, -0.2) is 0 Å². The lowest BCUT2D eigenvalue weighted by Gasteiger charge is -2.24. The molecule has 0 bridgehead atoms. The molecule has 1 aromatic rings. The average molecular weight is 215 g/mol. The number of carbonyl (C=O) groups excluding carboxylic acids is 1. The van der Waals surface area contributed by atoms with Crippen molar-refractivity contribution in [1.29, 1.82) is 0 Å². The van der Waals surface area contributed by atoms with Crippen LogP contribution in [0, 0.1) is 0 Å². The predicted octanol–water partition coefficient (Wildman–Crippen LogP) is -1.60. The van der Waals surface area contributed by atoms with Gasteiger partial charge in [-0.1, -0.05) is 0 Å². The van der Waals surface area contributed by atoms with Crippen molar-refractivity contribution in [2.45, 2.75) is 0 Å². The Bertz CT molecular complexity index is 341. The lowest BCUT2D eigenvalue weighted by Crippen LogP contribution is -2.42. The van der Waals surface area contributed by atoms with E-state index in [0.717, 1.165) is 0 Å². The first-order valence-corrected chi connectivity index (χ1v) is 5.64. The first-order chi connectivity index (χ1) is 6.77. The van der Waals surface area contributed by atoms with Gasteiger partial charge in [0.15, 0.2) is 0 Å². The van der Waals surface area contributed by atoms with E-state index in [1.165, 1.54) is 0 Å². The Hall–Kier alpha value is -1.31. The first kappa shape index (κ1) is 9.25. The van der Waals surface area contributed by atoms with Gasteiger partial charge in [0.05, 0.1) is 0 Å². The van der Waals surface area contributed by atoms with E-state index in [0.29, 0.717) is 24.6 Å². The zero-order valence-corrected chi connectivity index (χ0v) is 8.16. The molecule has 1 fully saturated rings. The minimum Gasteiger partial charge on any atom is -0.334 e. The van der Waals surface area contributed by atoms with E-state index >= 15 is 0 Å². The fourth-order valence-electron chi connectivity index (χ4n) is 1.23. The van der Waals surface area contributed by atoms with E-state index in [1.54, 1.807) is 4.90 Å². The summed E-state index contributed by atoms with van der Waals surface area (Å²) >= 11 is 0. The summed E-state index contributed by atoms with van der Waals surface area (Å²) in [5.74, 6) is 0.876. The molecule has 0 spiro atoms. The maximum absolute atomic E-state index is 11.6. The molecule has 2 heterocycles. The van der Waals surface area contributed by atoms with Crippen LogP contribution in [-0.4, -0.2) is 60.2 Å². The Morgan fingerprint density at radius 1 is 1.43 bits per heavy atom. The summed E-state index contributed by atoms with van der Waals surface area (Å²) in [7, 11) is -0.782. The fourth-order valence-corrected chi connectivity index (χ4v) is 2.29. The van der Waals surface area contributed by atoms with Gasteiger partial charge in [0.1, 0.15) is 0 Å². The van der Waals surface area contributed by atoms with E-state index in [4.69, 9.17) is 0 Å². The summed E-state index contributed by atoms with van der Waals surface area (Å²) in [4.78, 5) is 13.2. The van der Waals surface area contributed by atoms with Crippen LogP contribution in [0.25, 0.3) is 0 Å². The Morgan fingerprint density at radius 2 is 2.14 bits per heavy atom. The third kappa shape index (κ3) is 1.79. The molecular formula is C6H9N5O2S. The standard InChI is InChI=1S/C6H9N5O2S/c12-6(5-7-9-10-8-5)11-1-3-14(13)4-2-11/h1-4H2,(H,7,8,9,10). The lowest BCUT2D eigenvalue weighted by molar-refractivity contribution is 0.0759. The second-order valence-electron chi connectivity index (χ2n) is 2.88. The monoisotopic (exact) mass is 215 g/mol. The average Bonchev–Trinajstić information content (AvgIpc) is 2.71. The van der Waals surface area contributed by atoms with Crippen LogP contribution in [0.4, 0.5) is 0 Å². The third-order valence-corrected chi connectivity index (χ3v) is 3.28. The van der Waals surface area contributed by atoms with Crippen LogP contribution < -0.4 is 0 Å². The molecule has 1 aliphatic heterocycles. The summed E-state index contributed by atoms with van der Waals surface area (Å²) in [6, 6.07) is 0. The predicted molar refractivity (Wildman–Crippen MR) is 48.0 cm³/mol. The van der Waals surface area contributed by atoms with E-state index in [1.807, 2.05) is 0 Å². The van der Waals surface area contributed by atoms with Gasteiger partial charge < -0.3 is 4.90 Å². The zero-order valence-electron chi connectivity index (χ0n) is 7.34. The van der Waals surface area contributed by atoms with Crippen LogP contribution in [-0.2, 0) is 10.8 Å². The van der Waals surface area contributed by atoms with E-state index in [-0.39, 0.29) is 11.7 Å². The number of aromatic nitrogens is 4. The molecule has 14 heavy (non-hydrogen) atoms. The number of rotatable bonds is 1. The third-order valence-electron chi connectivity index (χ3n) is 2.00. The van der Waals surface area contributed by atoms with Crippen molar-refractivity contribution in [3.63, 3.8) is 0 Å². The molecule has 7 nitrogen and oxygen atoms in total. The highest BCUT2D eigenvalue weighted by atomic mass is 32.2. The molecule has 1 saturated heterocycles. The molecule has 0 unspecified atom stereocenters. The molecule has 1 aromatic heterocycles. The number of nitrogens with one attached hydrogen (secondary N) is 1. The number of hydrogen-bond donors (Lipinski definition) is 1. The Kier molecular flexibility index (Phi) is 2.53. The van der Waals surface area contributed by atoms with Crippen molar-refractivity contribution in [2.75, 3.05) is 24.6 Å². The van der Waals surface area contributed by atoms with Crippen LogP contribution in [0.15, 0.2) is 0 Å². The van der Waals surface area contributed by atoms with Crippen molar-refractivity contribution in [2.24, 2.45) is 0 Å². The molecule has 2 rings (SSSR count). The van der Waals surface area contributed by atoms with Crippen molar-refractivity contribution in [3.05, 3.63) is 5.82 Å². The highest BCUT2D eigenvalue weighted by Crippen LogP contribution is 2.03. The topological polar surface area (TPSA) is 91.8 Å². The van der Waals surface area contributed by atoms with Crippen LogP contribution in [0.1, 0.15) is 10.6 Å². The Labute approximate surface area is 82.3 Å². The molecule has 0 saturated carbocycles. The summed E-state index contributed by atoms with van der Waals surface area (Å²) in [6.45, 7) is 1.000. The van der Waals surface area contributed by atoms with Crippen molar-refractivity contribution in [3.8, 4) is 0 Å². The number of amides is 1. The largest absolute Gasteiger partial charge is 0.334 e. The van der Waals surface area contributed by atoms with Gasteiger partial charge in [0, 0.05) is 35.4 Å². The van der Waals surface area contributed by atoms with Crippen molar-refractivity contribution >= 4 is 16.7 Å². The number of H-pyrrole nitrogens is 1. The number of tetrazole rings is 1. The van der Waals surface area contributed by atoms with Crippen molar-refractivity contribution < 1.29 is 9.00 Å². The molecule has 0 radical (unpaired) electrons. The van der Waals surface area contributed by atoms with Crippen LogP contribution >= 0.6 is 0 Å². The maximum atomic E-state index is 11.6. The van der Waals surface area contributed by atoms with Crippen molar-refractivity contribution in [1.82, 2.24) is 25.5 Å². The summed E-state index contributed by atoms with van der Waals surface area (Å²) in [6.07, 6.45) is 0. The van der Waals surface area contributed by atoms with Gasteiger partial charge in [-0.3, -0.25) is 9.00 Å². The summed E-state index contributed by atoms with van der Waals surface area (Å²) < 4.78 is 11.0. The molecule has 0 aliphatic carbocycles. The van der Waals surface area contributed by atoms with Gasteiger partial charge in [0.2, 0.25) is 0 Å². The first-order valence-electron chi connectivity index (χ1n) is 4.15. The minimum atomic E-state index is -0.782. The number of carbonyl (C=O) groups is 1. The maximum Gasteiger partial charge on any atom is 0.295 e. The van der Waals surface area contributed by atoms with Gasteiger partial charge in [0.25, 0.3) is 11.7 Å². The quantitative estimate of drug-likeness (QED) is 0.609. The SMILES string of the molecule is O=C(c1nn[nH]n1)N1CCS(=O)CC1. The number of nitrogens with zero attached hydrogens (tertiary/aromatic N) is 4. The normalized spacial score (nSPS) is 18.4. The number of hydrogen-bond acceptors (Lipinski definition) is 5. The van der Waals surface area contributed by atoms with Gasteiger partial charge in [-0.05, 0) is 5.21 Å². The molecule has 1 N–H and O–H groups in total. The van der Waals surface area contributed by atoms with E-state index in [2.05, 4.69) is 20.6 Å². The summed E-state index contributed by atoms with van der Waals surface area (Å²) in [5, 5.41) is 12.7.